The number of primary amides is 2. The van der Waals surface area contributed by atoms with Crippen molar-refractivity contribution in [1.29, 1.82) is 0 Å². The summed E-state index contributed by atoms with van der Waals surface area (Å²) in [7, 11) is 0. The Balaban J connectivity index is 1.28. The Kier molecular flexibility index (Phi) is 8.03. The first-order valence-electron chi connectivity index (χ1n) is 13.6. The van der Waals surface area contributed by atoms with Gasteiger partial charge in [0.15, 0.2) is 15.1 Å². The third-order valence-electron chi connectivity index (χ3n) is 7.11. The molecule has 0 aliphatic heterocycles. The average Bonchev–Trinajstić information content (AvgIpc) is 3.61. The molecule has 12 nitrogen and oxygen atoms in total. The van der Waals surface area contributed by atoms with Crippen LogP contribution in [0.4, 0.5) is 4.39 Å². The number of fused-ring (bicyclic) bond motifs is 2. The first-order valence-corrected chi connectivity index (χ1v) is 15.6. The van der Waals surface area contributed by atoms with E-state index in [2.05, 4.69) is 21.9 Å². The van der Waals surface area contributed by atoms with E-state index in [1.165, 1.54) is 54.4 Å². The molecule has 6 aromatic rings. The fraction of sp³-hybridized carbons (Fsp3) is 0.167. The molecule has 46 heavy (non-hydrogen) atoms. The molecule has 232 valence electrons. The molecule has 1 aromatic carbocycles. The van der Waals surface area contributed by atoms with Gasteiger partial charge in [-0.1, -0.05) is 23.7 Å². The third-order valence-corrected chi connectivity index (χ3v) is 9.38. The summed E-state index contributed by atoms with van der Waals surface area (Å²) < 4.78 is 21.2. The van der Waals surface area contributed by atoms with E-state index >= 15 is 4.39 Å². The number of nitrogens with zero attached hydrogens (tertiary/aromatic N) is 6. The van der Waals surface area contributed by atoms with Crippen molar-refractivity contribution in [2.24, 2.45) is 11.5 Å². The van der Waals surface area contributed by atoms with Crippen molar-refractivity contribution in [3.8, 4) is 12.0 Å². The van der Waals surface area contributed by atoms with Gasteiger partial charge in [0, 0.05) is 40.3 Å². The molecule has 0 fully saturated rings. The zero-order valence-corrected chi connectivity index (χ0v) is 26.6. The van der Waals surface area contributed by atoms with E-state index in [-0.39, 0.29) is 41.8 Å². The van der Waals surface area contributed by atoms with Crippen LogP contribution >= 0.6 is 34.3 Å². The average molecular weight is 678 g/mol. The molecule has 2 amide bonds. The molecule has 4 N–H and O–H groups in total. The molecule has 0 spiro atoms. The van der Waals surface area contributed by atoms with Crippen LogP contribution in [0.15, 0.2) is 52.2 Å². The highest BCUT2D eigenvalue weighted by Crippen LogP contribution is 2.22. The number of amides is 2. The largest absolute Gasteiger partial charge is 0.369 e. The molecule has 5 heterocycles. The summed E-state index contributed by atoms with van der Waals surface area (Å²) in [5.74, 6) is 0.967. The molecule has 0 bridgehead atoms. The number of nitrogens with two attached hydrogens (primary N) is 2. The SMILES string of the molecule is Cc1sc2nc(Cc3cccc(C#C[n+]4ccc(Cl)n4Cc4cc(=O)n5c(C(N)=O)c(C)sc5n4)c3F)cc(=O)n2c1CC(N)=O. The number of hydrogen-bond acceptors (Lipinski definition) is 8. The van der Waals surface area contributed by atoms with Gasteiger partial charge in [-0.25, -0.2) is 18.8 Å². The molecule has 0 saturated carbocycles. The van der Waals surface area contributed by atoms with Crippen molar-refractivity contribution in [2.75, 3.05) is 0 Å². The van der Waals surface area contributed by atoms with Crippen molar-refractivity contribution in [3.63, 3.8) is 0 Å². The lowest BCUT2D eigenvalue weighted by Gasteiger charge is -2.05. The highest BCUT2D eigenvalue weighted by molar-refractivity contribution is 7.17. The van der Waals surface area contributed by atoms with Gasteiger partial charge in [0.05, 0.1) is 29.1 Å². The van der Waals surface area contributed by atoms with Crippen molar-refractivity contribution >= 4 is 56.0 Å². The second-order valence-corrected chi connectivity index (χ2v) is 13.0. The van der Waals surface area contributed by atoms with Crippen LogP contribution in [0.5, 0.6) is 0 Å². The Labute approximate surface area is 271 Å². The van der Waals surface area contributed by atoms with Gasteiger partial charge < -0.3 is 11.5 Å². The van der Waals surface area contributed by atoms with Gasteiger partial charge in [-0.15, -0.1) is 27.4 Å². The zero-order valence-electron chi connectivity index (χ0n) is 24.2. The summed E-state index contributed by atoms with van der Waals surface area (Å²) in [6.07, 6.45) is 1.53. The lowest BCUT2D eigenvalue weighted by molar-refractivity contribution is -0.673. The van der Waals surface area contributed by atoms with Crippen molar-refractivity contribution in [3.05, 3.63) is 118 Å². The minimum Gasteiger partial charge on any atom is -0.369 e. The van der Waals surface area contributed by atoms with Crippen LogP contribution in [0.1, 0.15) is 48.5 Å². The van der Waals surface area contributed by atoms with Gasteiger partial charge in [0.25, 0.3) is 23.1 Å². The smallest absolute Gasteiger partial charge is 0.266 e. The maximum atomic E-state index is 15.6. The van der Waals surface area contributed by atoms with E-state index in [9.17, 15) is 19.2 Å². The molecule has 0 saturated heterocycles. The Morgan fingerprint density at radius 1 is 1.00 bits per heavy atom. The molecule has 0 aliphatic rings. The second-order valence-electron chi connectivity index (χ2n) is 10.3. The highest BCUT2D eigenvalue weighted by Gasteiger charge is 2.20. The predicted octanol–water partition coefficient (Wildman–Crippen LogP) is 1.95. The van der Waals surface area contributed by atoms with E-state index < -0.39 is 23.2 Å². The molecule has 0 atom stereocenters. The molecular formula is C30H23ClFN8O4S2+. The van der Waals surface area contributed by atoms with E-state index in [1.54, 1.807) is 42.9 Å². The van der Waals surface area contributed by atoms with Crippen LogP contribution < -0.4 is 27.3 Å². The summed E-state index contributed by atoms with van der Waals surface area (Å²) in [6.45, 7) is 3.52. The Morgan fingerprint density at radius 2 is 1.67 bits per heavy atom. The monoisotopic (exact) mass is 677 g/mol. The fourth-order valence-electron chi connectivity index (χ4n) is 5.05. The van der Waals surface area contributed by atoms with Crippen LogP contribution in [-0.4, -0.2) is 35.3 Å². The summed E-state index contributed by atoms with van der Waals surface area (Å²) in [5, 5.41) is 0.293. The summed E-state index contributed by atoms with van der Waals surface area (Å²) in [4.78, 5) is 60.1. The van der Waals surface area contributed by atoms with Gasteiger partial charge in [0.1, 0.15) is 18.1 Å². The minimum atomic E-state index is -0.724. The van der Waals surface area contributed by atoms with Crippen LogP contribution in [0.3, 0.4) is 0 Å². The quantitative estimate of drug-likeness (QED) is 0.194. The van der Waals surface area contributed by atoms with Crippen LogP contribution in [-0.2, 0) is 24.2 Å². The van der Waals surface area contributed by atoms with E-state index in [0.717, 1.165) is 4.88 Å². The Morgan fingerprint density at radius 3 is 2.41 bits per heavy atom. The zero-order chi connectivity index (χ0) is 32.9. The van der Waals surface area contributed by atoms with Gasteiger partial charge in [-0.3, -0.25) is 23.6 Å². The number of aryl methyl sites for hydroxylation is 2. The fourth-order valence-corrected chi connectivity index (χ4v) is 7.26. The van der Waals surface area contributed by atoms with Gasteiger partial charge in [-0.05, 0) is 30.2 Å². The van der Waals surface area contributed by atoms with E-state index in [0.29, 0.717) is 37.0 Å². The van der Waals surface area contributed by atoms with Crippen molar-refractivity contribution in [2.45, 2.75) is 33.2 Å². The molecule has 16 heteroatoms. The summed E-state index contributed by atoms with van der Waals surface area (Å²) in [5.41, 5.74) is 11.6. The predicted molar refractivity (Wildman–Crippen MR) is 170 cm³/mol. The lowest BCUT2D eigenvalue weighted by Crippen LogP contribution is -2.39. The molecule has 0 unspecified atom stereocenters. The van der Waals surface area contributed by atoms with Crippen molar-refractivity contribution in [1.82, 2.24) is 23.5 Å². The standard InChI is InChI=1S/C30H22ClFN8O4S2/c1-15-21(13-23(33)41)39-24(42)11-19(35-29(39)45-15)10-18-5-3-4-17(26(18)32)6-8-37-9-7-22(31)38(37)14-20-12-25(43)40-27(28(34)44)16(2)46-30(40)36-20/h3-5,7,9,11-12H,10,13-14H2,1-2H3,(H3-,33,34,41,44)/p+1. The number of carbonyl (C=O) groups is 2. The number of benzene rings is 1. The van der Waals surface area contributed by atoms with Crippen molar-refractivity contribution < 1.29 is 18.7 Å². The number of halogens is 2. The number of hydrogen-bond donors (Lipinski definition) is 2. The lowest BCUT2D eigenvalue weighted by atomic mass is 10.1. The molecule has 0 aliphatic carbocycles. The molecule has 5 aromatic heterocycles. The van der Waals surface area contributed by atoms with Crippen LogP contribution in [0.25, 0.3) is 9.92 Å². The highest BCUT2D eigenvalue weighted by atomic mass is 35.5. The van der Waals surface area contributed by atoms with Gasteiger partial charge in [0.2, 0.25) is 12.1 Å². The topological polar surface area (TPSA) is 164 Å². The van der Waals surface area contributed by atoms with Gasteiger partial charge >= 0.3 is 0 Å². The molecular weight excluding hydrogens is 655 g/mol. The van der Waals surface area contributed by atoms with Crippen LogP contribution in [0, 0.1) is 31.6 Å². The number of carbonyl (C=O) groups excluding carboxylic acids is 2. The third kappa shape index (κ3) is 5.69. The Hall–Kier alpha value is -5.17. The second kappa shape index (κ2) is 12.0. The number of rotatable bonds is 7. The number of aromatic nitrogens is 6. The first kappa shape index (κ1) is 30.8. The normalized spacial score (nSPS) is 11.2. The summed E-state index contributed by atoms with van der Waals surface area (Å²) in [6, 6.07) is 11.8. The Bertz CT molecular complexity index is 2430. The first-order chi connectivity index (χ1) is 21.9. The maximum absolute atomic E-state index is 15.6. The van der Waals surface area contributed by atoms with Gasteiger partial charge in [-0.2, -0.15) is 0 Å². The minimum absolute atomic E-state index is 0.0356. The molecule has 6 rings (SSSR count). The van der Waals surface area contributed by atoms with Crippen LogP contribution in [0.2, 0.25) is 5.15 Å². The summed E-state index contributed by atoms with van der Waals surface area (Å²) >= 11 is 8.83. The van der Waals surface area contributed by atoms with E-state index in [1.807, 2.05) is 0 Å². The number of thiazole rings is 2. The molecule has 0 radical (unpaired) electrons. The van der Waals surface area contributed by atoms with E-state index in [4.69, 9.17) is 23.1 Å². The maximum Gasteiger partial charge on any atom is 0.266 e.